The SMILES string of the molecule is CCCc1nnc(NC(=O)N2CCC[C@@H](N3CCCC3=O)CC2)s1. The van der Waals surface area contributed by atoms with Crippen LogP contribution in [-0.4, -0.2) is 57.6 Å². The molecule has 0 aliphatic carbocycles. The molecule has 1 N–H and O–H groups in total. The van der Waals surface area contributed by atoms with Crippen LogP contribution in [0, 0.1) is 0 Å². The van der Waals surface area contributed by atoms with Gasteiger partial charge < -0.3 is 9.80 Å². The monoisotopic (exact) mass is 351 g/mol. The summed E-state index contributed by atoms with van der Waals surface area (Å²) in [4.78, 5) is 28.2. The van der Waals surface area contributed by atoms with Crippen molar-refractivity contribution in [1.29, 1.82) is 0 Å². The third-order valence-electron chi connectivity index (χ3n) is 4.68. The van der Waals surface area contributed by atoms with Crippen LogP contribution in [0.15, 0.2) is 0 Å². The number of aromatic nitrogens is 2. The molecule has 0 aromatic carbocycles. The van der Waals surface area contributed by atoms with Gasteiger partial charge in [-0.1, -0.05) is 18.3 Å². The Morgan fingerprint density at radius 1 is 1.25 bits per heavy atom. The summed E-state index contributed by atoms with van der Waals surface area (Å²) in [5.41, 5.74) is 0. The molecule has 1 atom stereocenters. The molecule has 2 aliphatic heterocycles. The fourth-order valence-corrected chi connectivity index (χ4v) is 4.27. The molecule has 2 saturated heterocycles. The second-order valence-corrected chi connectivity index (χ2v) is 7.51. The van der Waals surface area contributed by atoms with Gasteiger partial charge in [0.15, 0.2) is 0 Å². The molecule has 3 heterocycles. The van der Waals surface area contributed by atoms with E-state index in [1.54, 1.807) is 0 Å². The lowest BCUT2D eigenvalue weighted by molar-refractivity contribution is -0.129. The summed E-state index contributed by atoms with van der Waals surface area (Å²) in [6, 6.07) is 0.179. The molecule has 0 bridgehead atoms. The van der Waals surface area contributed by atoms with Gasteiger partial charge in [-0.25, -0.2) is 4.79 Å². The number of amides is 3. The van der Waals surface area contributed by atoms with Crippen molar-refractivity contribution in [2.45, 2.75) is 57.9 Å². The van der Waals surface area contributed by atoms with Gasteiger partial charge in [-0.2, -0.15) is 0 Å². The summed E-state index contributed by atoms with van der Waals surface area (Å²) >= 11 is 1.44. The van der Waals surface area contributed by atoms with Crippen LogP contribution in [0.2, 0.25) is 0 Å². The summed E-state index contributed by atoms with van der Waals surface area (Å²) in [6.45, 7) is 4.38. The van der Waals surface area contributed by atoms with E-state index in [0.717, 1.165) is 56.6 Å². The molecule has 3 rings (SSSR count). The lowest BCUT2D eigenvalue weighted by atomic mass is 10.1. The Morgan fingerprint density at radius 3 is 2.88 bits per heavy atom. The summed E-state index contributed by atoms with van der Waals surface area (Å²) in [5.74, 6) is 0.273. The highest BCUT2D eigenvalue weighted by Gasteiger charge is 2.30. The fraction of sp³-hybridized carbons (Fsp3) is 0.750. The number of hydrogen-bond donors (Lipinski definition) is 1. The van der Waals surface area contributed by atoms with E-state index in [4.69, 9.17) is 0 Å². The van der Waals surface area contributed by atoms with Gasteiger partial charge in [0.2, 0.25) is 11.0 Å². The van der Waals surface area contributed by atoms with Crippen molar-refractivity contribution in [2.75, 3.05) is 25.0 Å². The molecule has 0 saturated carbocycles. The van der Waals surface area contributed by atoms with E-state index in [0.29, 0.717) is 18.1 Å². The van der Waals surface area contributed by atoms with Crippen molar-refractivity contribution >= 4 is 28.4 Å². The number of nitrogens with zero attached hydrogens (tertiary/aromatic N) is 4. The Bertz CT molecular complexity index is 591. The largest absolute Gasteiger partial charge is 0.340 e. The molecule has 24 heavy (non-hydrogen) atoms. The first-order chi connectivity index (χ1) is 11.7. The molecule has 2 aliphatic rings. The van der Waals surface area contributed by atoms with Gasteiger partial charge in [-0.3, -0.25) is 10.1 Å². The zero-order chi connectivity index (χ0) is 16.9. The molecule has 8 heteroatoms. The van der Waals surface area contributed by atoms with E-state index >= 15 is 0 Å². The van der Waals surface area contributed by atoms with Gasteiger partial charge in [0.1, 0.15) is 5.01 Å². The minimum Gasteiger partial charge on any atom is -0.340 e. The average Bonchev–Trinajstić information content (AvgIpc) is 3.10. The van der Waals surface area contributed by atoms with Crippen LogP contribution in [0.3, 0.4) is 0 Å². The van der Waals surface area contributed by atoms with E-state index in [-0.39, 0.29) is 18.0 Å². The highest BCUT2D eigenvalue weighted by atomic mass is 32.1. The van der Waals surface area contributed by atoms with Gasteiger partial charge in [0.25, 0.3) is 0 Å². The topological polar surface area (TPSA) is 78.4 Å². The Morgan fingerprint density at radius 2 is 2.12 bits per heavy atom. The number of hydrogen-bond acceptors (Lipinski definition) is 5. The molecular formula is C16H25N5O2S. The number of carbonyl (C=O) groups excluding carboxylic acids is 2. The minimum absolute atomic E-state index is 0.109. The van der Waals surface area contributed by atoms with Crippen LogP contribution in [0.4, 0.5) is 9.93 Å². The second-order valence-electron chi connectivity index (χ2n) is 6.44. The van der Waals surface area contributed by atoms with E-state index in [1.165, 1.54) is 11.3 Å². The second kappa shape index (κ2) is 7.92. The van der Waals surface area contributed by atoms with Gasteiger partial charge in [0.05, 0.1) is 0 Å². The van der Waals surface area contributed by atoms with Gasteiger partial charge in [0, 0.05) is 38.5 Å². The fourth-order valence-electron chi connectivity index (χ4n) is 3.44. The highest BCUT2D eigenvalue weighted by molar-refractivity contribution is 7.15. The van der Waals surface area contributed by atoms with Crippen molar-refractivity contribution in [1.82, 2.24) is 20.0 Å². The Balaban J connectivity index is 1.53. The first-order valence-corrected chi connectivity index (χ1v) is 9.67. The predicted molar refractivity (Wildman–Crippen MR) is 93.1 cm³/mol. The van der Waals surface area contributed by atoms with Crippen LogP contribution >= 0.6 is 11.3 Å². The van der Waals surface area contributed by atoms with Crippen LogP contribution in [0.25, 0.3) is 0 Å². The van der Waals surface area contributed by atoms with E-state index in [1.807, 2.05) is 9.80 Å². The maximum absolute atomic E-state index is 12.5. The Labute approximate surface area is 146 Å². The van der Waals surface area contributed by atoms with E-state index in [2.05, 4.69) is 22.4 Å². The summed E-state index contributed by atoms with van der Waals surface area (Å²) in [5, 5.41) is 12.5. The van der Waals surface area contributed by atoms with E-state index < -0.39 is 0 Å². The summed E-state index contributed by atoms with van der Waals surface area (Å²) < 4.78 is 0. The number of aryl methyl sites for hydroxylation is 1. The third-order valence-corrected chi connectivity index (χ3v) is 5.58. The summed E-state index contributed by atoms with van der Waals surface area (Å²) in [6.07, 6.45) is 6.33. The molecular weight excluding hydrogens is 326 g/mol. The van der Waals surface area contributed by atoms with Crippen LogP contribution in [0.5, 0.6) is 0 Å². The number of rotatable bonds is 4. The summed E-state index contributed by atoms with van der Waals surface area (Å²) in [7, 11) is 0. The smallest absolute Gasteiger partial charge is 0.323 e. The highest BCUT2D eigenvalue weighted by Crippen LogP contribution is 2.23. The molecule has 1 aromatic heterocycles. The van der Waals surface area contributed by atoms with E-state index in [9.17, 15) is 9.59 Å². The maximum Gasteiger partial charge on any atom is 0.323 e. The molecule has 2 fully saturated rings. The predicted octanol–water partition coefficient (Wildman–Crippen LogP) is 2.50. The molecule has 1 aromatic rings. The lowest BCUT2D eigenvalue weighted by Gasteiger charge is -2.26. The molecule has 0 unspecified atom stereocenters. The number of carbonyl (C=O) groups is 2. The first kappa shape index (κ1) is 17.1. The number of urea groups is 1. The average molecular weight is 351 g/mol. The zero-order valence-electron chi connectivity index (χ0n) is 14.2. The van der Waals surface area contributed by atoms with Crippen molar-refractivity contribution < 1.29 is 9.59 Å². The zero-order valence-corrected chi connectivity index (χ0v) is 15.0. The third kappa shape index (κ3) is 4.03. The molecule has 132 valence electrons. The van der Waals surface area contributed by atoms with Gasteiger partial charge >= 0.3 is 6.03 Å². The molecule has 0 spiro atoms. The van der Waals surface area contributed by atoms with Crippen LogP contribution in [-0.2, 0) is 11.2 Å². The molecule has 3 amide bonds. The molecule has 7 nitrogen and oxygen atoms in total. The lowest BCUT2D eigenvalue weighted by Crippen LogP contribution is -2.38. The maximum atomic E-state index is 12.5. The van der Waals surface area contributed by atoms with Gasteiger partial charge in [-0.15, -0.1) is 10.2 Å². The van der Waals surface area contributed by atoms with Crippen LogP contribution in [0.1, 0.15) is 50.5 Å². The first-order valence-electron chi connectivity index (χ1n) is 8.85. The number of likely N-dealkylation sites (tertiary alicyclic amines) is 2. The molecule has 0 radical (unpaired) electrons. The van der Waals surface area contributed by atoms with Crippen molar-refractivity contribution in [3.05, 3.63) is 5.01 Å². The normalized spacial score (nSPS) is 21.9. The minimum atomic E-state index is -0.109. The Hall–Kier alpha value is -1.70. The van der Waals surface area contributed by atoms with Gasteiger partial charge in [-0.05, 0) is 32.1 Å². The van der Waals surface area contributed by atoms with Crippen molar-refractivity contribution in [3.8, 4) is 0 Å². The Kier molecular flexibility index (Phi) is 5.65. The quantitative estimate of drug-likeness (QED) is 0.904. The van der Waals surface area contributed by atoms with Crippen molar-refractivity contribution in [3.63, 3.8) is 0 Å². The number of nitrogens with one attached hydrogen (secondary N) is 1. The number of anilines is 1. The van der Waals surface area contributed by atoms with Crippen molar-refractivity contribution in [2.24, 2.45) is 0 Å². The standard InChI is InChI=1S/C16H25N5O2S/c1-2-5-13-18-19-15(24-13)17-16(23)20-9-3-6-12(8-11-20)21-10-4-7-14(21)22/h12H,2-11H2,1H3,(H,17,19,23)/t12-/m1/s1. The van der Waals surface area contributed by atoms with Crippen LogP contribution < -0.4 is 5.32 Å².